The standard InChI is InChI=1S/C36H30N3O.C18H24GeN.Ir/c1-22(2)27-13-10-14-28(23(3)4)34(27)39-32-16-9-8-15-31(32)38-35(39)26-20-30-29-19-25(24-11-6-5-7-12-24)17-18-33(29)40-36(30)37-21-26;1-14(2)11-16-12-18(15-9-7-6-8-10-15)20-13-17(16)19(3,4)5;/h5-20,22-23H,1-4H3;6-9,12-14H,11H2,1-5H3;/q2*-1;. The Kier molecular flexibility index (Phi) is 13.3. The molecule has 4 heterocycles. The molecule has 0 spiro atoms. The summed E-state index contributed by atoms with van der Waals surface area (Å²) in [5.41, 5.74) is 14.0. The van der Waals surface area contributed by atoms with Gasteiger partial charge in [-0.15, -0.1) is 6.07 Å². The maximum atomic E-state index is 6.14. The predicted molar refractivity (Wildman–Crippen MR) is 254 cm³/mol. The molecule has 9 rings (SSSR count). The quantitative estimate of drug-likeness (QED) is 0.107. The van der Waals surface area contributed by atoms with Gasteiger partial charge in [0, 0.05) is 31.2 Å². The van der Waals surface area contributed by atoms with Crippen LogP contribution in [0, 0.1) is 18.2 Å². The van der Waals surface area contributed by atoms with Crippen molar-refractivity contribution in [2.24, 2.45) is 5.92 Å². The van der Waals surface area contributed by atoms with Crippen LogP contribution in [0.1, 0.15) is 70.1 Å². The molecular formula is C54H54GeIrN4O-2. The molecule has 0 aliphatic carbocycles. The van der Waals surface area contributed by atoms with Crippen molar-refractivity contribution in [1.82, 2.24) is 19.5 Å². The second-order valence-electron chi connectivity index (χ2n) is 17.9. The van der Waals surface area contributed by atoms with Crippen LogP contribution in [-0.4, -0.2) is 32.8 Å². The molecule has 61 heavy (non-hydrogen) atoms. The van der Waals surface area contributed by atoms with Crippen LogP contribution in [0.5, 0.6) is 0 Å². The van der Waals surface area contributed by atoms with E-state index in [1.54, 1.807) is 4.40 Å². The molecule has 0 aliphatic heterocycles. The smallest absolute Gasteiger partial charge is 0.141 e. The molecule has 0 aliphatic rings. The molecule has 0 amide bonds. The SMILES string of the molecule is CC(C)Cc1cc(-c2[c-]cccc2)nc[c]1[Ge]([CH3])([CH3])[CH3].CC(C)c1cccc(C(C)C)c1-n1c(-c2[c-]nc3oc4ccc(-c5ccccc5)cc4c3c2)nc2ccccc21.[Ir]. The monoisotopic (exact) mass is 1040 g/mol. The Bertz CT molecular complexity index is 2900. The molecule has 1 radical (unpaired) electrons. The number of rotatable bonds is 9. The van der Waals surface area contributed by atoms with Gasteiger partial charge in [-0.3, -0.25) is 4.98 Å². The van der Waals surface area contributed by atoms with Crippen LogP contribution >= 0.6 is 0 Å². The van der Waals surface area contributed by atoms with Crippen molar-refractivity contribution in [3.05, 3.63) is 163 Å². The van der Waals surface area contributed by atoms with Gasteiger partial charge in [0.1, 0.15) is 11.3 Å². The second kappa shape index (κ2) is 18.5. The molecule has 5 nitrogen and oxygen atoms in total. The van der Waals surface area contributed by atoms with Gasteiger partial charge in [-0.25, -0.2) is 0 Å². The van der Waals surface area contributed by atoms with Crippen LogP contribution < -0.4 is 4.40 Å². The van der Waals surface area contributed by atoms with Gasteiger partial charge >= 0.3 is 126 Å². The van der Waals surface area contributed by atoms with Gasteiger partial charge in [-0.05, 0) is 69.9 Å². The fourth-order valence-corrected chi connectivity index (χ4v) is 11.6. The minimum Gasteiger partial charge on any atom is -0.483 e. The minimum absolute atomic E-state index is 0. The first-order chi connectivity index (χ1) is 28.9. The number of imidazole rings is 1. The van der Waals surface area contributed by atoms with Gasteiger partial charge in [-0.2, -0.15) is 0 Å². The number of benzene rings is 5. The van der Waals surface area contributed by atoms with Gasteiger partial charge in [0.2, 0.25) is 0 Å². The summed E-state index contributed by atoms with van der Waals surface area (Å²) in [7, 11) is 0. The third kappa shape index (κ3) is 9.23. The van der Waals surface area contributed by atoms with Crippen LogP contribution in [0.4, 0.5) is 0 Å². The van der Waals surface area contributed by atoms with Crippen molar-refractivity contribution in [3.63, 3.8) is 0 Å². The molecule has 0 bridgehead atoms. The third-order valence-corrected chi connectivity index (χ3v) is 15.5. The first-order valence-electron chi connectivity index (χ1n) is 21.2. The Balaban J connectivity index is 0.000000226. The number of hydrogen-bond acceptors (Lipinski definition) is 4. The fourth-order valence-electron chi connectivity index (χ4n) is 8.22. The molecule has 4 aromatic heterocycles. The minimum atomic E-state index is -1.86. The summed E-state index contributed by atoms with van der Waals surface area (Å²) in [4.78, 5) is 14.5. The van der Waals surface area contributed by atoms with Gasteiger partial charge in [0.25, 0.3) is 0 Å². The maximum absolute atomic E-state index is 6.14. The van der Waals surface area contributed by atoms with E-state index in [-0.39, 0.29) is 20.1 Å². The van der Waals surface area contributed by atoms with E-state index < -0.39 is 13.3 Å². The summed E-state index contributed by atoms with van der Waals surface area (Å²) in [6, 6.07) is 47.5. The molecular weight excluding hydrogens is 985 g/mol. The number of nitrogens with zero attached hydrogens (tertiary/aromatic N) is 4. The number of furan rings is 1. The van der Waals surface area contributed by atoms with Crippen LogP contribution in [0.15, 0.2) is 138 Å². The van der Waals surface area contributed by atoms with Crippen molar-refractivity contribution in [3.8, 4) is 39.5 Å². The van der Waals surface area contributed by atoms with E-state index in [2.05, 4.69) is 178 Å². The molecule has 0 atom stereocenters. The van der Waals surface area contributed by atoms with E-state index in [0.717, 1.165) is 62.0 Å². The van der Waals surface area contributed by atoms with Crippen LogP contribution in [0.25, 0.3) is 72.6 Å². The normalized spacial score (nSPS) is 11.7. The van der Waals surface area contributed by atoms with E-state index in [1.165, 1.54) is 27.9 Å². The summed E-state index contributed by atoms with van der Waals surface area (Å²) in [5.74, 6) is 9.52. The Labute approximate surface area is 377 Å². The van der Waals surface area contributed by atoms with Crippen molar-refractivity contribution in [2.75, 3.05) is 0 Å². The first kappa shape index (κ1) is 43.9. The zero-order valence-electron chi connectivity index (χ0n) is 36.7. The van der Waals surface area contributed by atoms with Gasteiger partial charge in [-0.1, -0.05) is 100.0 Å². The van der Waals surface area contributed by atoms with Crippen molar-refractivity contribution >= 4 is 50.8 Å². The topological polar surface area (TPSA) is 56.7 Å². The zero-order chi connectivity index (χ0) is 42.1. The number of pyridine rings is 2. The van der Waals surface area contributed by atoms with E-state index in [1.807, 2.05) is 36.4 Å². The second-order valence-corrected chi connectivity index (χ2v) is 28.5. The van der Waals surface area contributed by atoms with Crippen molar-refractivity contribution in [1.29, 1.82) is 0 Å². The van der Waals surface area contributed by atoms with Crippen molar-refractivity contribution < 1.29 is 24.5 Å². The Hall–Kier alpha value is -5.14. The largest absolute Gasteiger partial charge is 0.483 e. The molecule has 0 saturated carbocycles. The van der Waals surface area contributed by atoms with Crippen LogP contribution in [0.3, 0.4) is 0 Å². The number of para-hydroxylation sites is 3. The molecule has 0 N–H and O–H groups in total. The summed E-state index contributed by atoms with van der Waals surface area (Å²) in [6.45, 7) is 13.6. The predicted octanol–water partition coefficient (Wildman–Crippen LogP) is 14.0. The number of hydrogen-bond donors (Lipinski definition) is 0. The molecule has 5 aromatic carbocycles. The first-order valence-corrected chi connectivity index (χ1v) is 28.6. The third-order valence-electron chi connectivity index (χ3n) is 11.2. The summed E-state index contributed by atoms with van der Waals surface area (Å²) in [5, 5.41) is 1.99. The van der Waals surface area contributed by atoms with E-state index >= 15 is 0 Å². The summed E-state index contributed by atoms with van der Waals surface area (Å²) < 4.78 is 10.00. The van der Waals surface area contributed by atoms with Crippen LogP contribution in [0.2, 0.25) is 17.3 Å². The average Bonchev–Trinajstić information content (AvgIpc) is 3.81. The van der Waals surface area contributed by atoms with Gasteiger partial charge in [0.05, 0.1) is 16.9 Å². The zero-order valence-corrected chi connectivity index (χ0v) is 41.2. The Morgan fingerprint density at radius 3 is 2.07 bits per heavy atom. The van der Waals surface area contributed by atoms with Gasteiger partial charge < -0.3 is 14.0 Å². The van der Waals surface area contributed by atoms with Crippen LogP contribution in [-0.2, 0) is 26.5 Å². The Morgan fingerprint density at radius 1 is 0.689 bits per heavy atom. The number of fused-ring (bicyclic) bond motifs is 4. The fraction of sp³-hybridized carbons (Fsp3) is 0.241. The van der Waals surface area contributed by atoms with Gasteiger partial charge in [0.15, 0.2) is 0 Å². The van der Waals surface area contributed by atoms with E-state index in [0.29, 0.717) is 23.5 Å². The molecule has 7 heteroatoms. The van der Waals surface area contributed by atoms with E-state index in [9.17, 15) is 0 Å². The molecule has 0 saturated heterocycles. The maximum Gasteiger partial charge on any atom is 0.141 e. The Morgan fingerprint density at radius 2 is 1.39 bits per heavy atom. The molecule has 311 valence electrons. The molecule has 0 unspecified atom stereocenters. The summed E-state index contributed by atoms with van der Waals surface area (Å²) >= 11 is -1.86. The summed E-state index contributed by atoms with van der Waals surface area (Å²) in [6.07, 6.45) is 6.55. The van der Waals surface area contributed by atoms with Crippen molar-refractivity contribution in [2.45, 2.75) is 77.1 Å². The van der Waals surface area contributed by atoms with E-state index in [4.69, 9.17) is 14.4 Å². The molecule has 9 aromatic rings. The number of aromatic nitrogens is 4. The molecule has 0 fully saturated rings. The average molecular weight is 1040 g/mol.